The van der Waals surface area contributed by atoms with Crippen molar-refractivity contribution in [3.8, 4) is 37.0 Å². The van der Waals surface area contributed by atoms with Gasteiger partial charge >= 0.3 is 0 Å². The van der Waals surface area contributed by atoms with Crippen LogP contribution in [-0.2, 0) is 18.9 Å². The Morgan fingerprint density at radius 3 is 1.81 bits per heavy atom. The third-order valence-electron chi connectivity index (χ3n) is 2.87. The van der Waals surface area contributed by atoms with Crippen LogP contribution in [0.1, 0.15) is 0 Å². The van der Waals surface area contributed by atoms with Gasteiger partial charge < -0.3 is 29.2 Å². The number of hydrogen-bond donors (Lipinski definition) is 2. The van der Waals surface area contributed by atoms with E-state index in [0.29, 0.717) is 0 Å². The summed E-state index contributed by atoms with van der Waals surface area (Å²) in [6.45, 7) is -0.476. The van der Waals surface area contributed by atoms with Crippen LogP contribution in [0.15, 0.2) is 0 Å². The number of aliphatic hydroxyl groups excluding tert-OH is 2. The summed E-state index contributed by atoms with van der Waals surface area (Å²) < 4.78 is 21.5. The molecule has 6 heteroatoms. The predicted octanol–water partition coefficient (Wildman–Crippen LogP) is -1.25. The van der Waals surface area contributed by atoms with Crippen molar-refractivity contribution >= 4 is 0 Å². The van der Waals surface area contributed by atoms with Gasteiger partial charge in [-0.1, -0.05) is 17.8 Å². The van der Waals surface area contributed by atoms with E-state index in [1.807, 2.05) is 0 Å². The average Bonchev–Trinajstić information content (AvgIpc) is 2.50. The standard InChI is InChI=1S/C15H18O6/c1-4-7-18-12-11(10-16)21-15(17)14(20-9-6-3)13(12)19-8-5-2/h1-3,11-17H,7-10H2/t11-,12-,13+,14-,15?/m1/s1. The van der Waals surface area contributed by atoms with Crippen LogP contribution in [0.3, 0.4) is 0 Å². The summed E-state index contributed by atoms with van der Waals surface area (Å²) in [7, 11) is 0. The molecule has 1 fully saturated rings. The van der Waals surface area contributed by atoms with E-state index >= 15 is 0 Å². The van der Waals surface area contributed by atoms with Gasteiger partial charge in [-0.15, -0.1) is 19.3 Å². The third kappa shape index (κ3) is 4.74. The molecule has 1 heterocycles. The quantitative estimate of drug-likeness (QED) is 0.572. The number of aliphatic hydroxyl groups is 2. The topological polar surface area (TPSA) is 77.4 Å². The lowest BCUT2D eigenvalue weighted by molar-refractivity contribution is -0.305. The highest BCUT2D eigenvalue weighted by molar-refractivity contribution is 4.96. The van der Waals surface area contributed by atoms with Crippen molar-refractivity contribution in [2.75, 3.05) is 26.4 Å². The molecule has 0 aliphatic carbocycles. The van der Waals surface area contributed by atoms with Gasteiger partial charge in [-0.05, 0) is 0 Å². The fourth-order valence-corrected chi connectivity index (χ4v) is 2.04. The van der Waals surface area contributed by atoms with Crippen LogP contribution in [0, 0.1) is 37.0 Å². The Morgan fingerprint density at radius 2 is 1.33 bits per heavy atom. The molecule has 0 bridgehead atoms. The smallest absolute Gasteiger partial charge is 0.184 e. The highest BCUT2D eigenvalue weighted by Gasteiger charge is 2.47. The minimum absolute atomic E-state index is 0.0155. The molecular formula is C15H18O6. The van der Waals surface area contributed by atoms with Crippen LogP contribution in [0.5, 0.6) is 0 Å². The van der Waals surface area contributed by atoms with Crippen molar-refractivity contribution in [3.05, 3.63) is 0 Å². The lowest BCUT2D eigenvalue weighted by atomic mass is 9.98. The summed E-state index contributed by atoms with van der Waals surface area (Å²) in [5.41, 5.74) is 0. The molecule has 1 saturated heterocycles. The van der Waals surface area contributed by atoms with E-state index in [4.69, 9.17) is 38.2 Å². The SMILES string of the molecule is C#CCO[C@H]1[C@H](OCC#C)[C@@H](OCC#C)C(O)O[C@@H]1CO. The summed E-state index contributed by atoms with van der Waals surface area (Å²) in [5.74, 6) is 6.92. The molecule has 1 unspecified atom stereocenters. The second kappa shape index (κ2) is 9.39. The second-order valence-corrected chi connectivity index (χ2v) is 4.19. The fourth-order valence-electron chi connectivity index (χ4n) is 2.04. The van der Waals surface area contributed by atoms with Crippen molar-refractivity contribution in [2.45, 2.75) is 30.7 Å². The molecule has 0 radical (unpaired) electrons. The van der Waals surface area contributed by atoms with Gasteiger partial charge in [-0.25, -0.2) is 0 Å². The Morgan fingerprint density at radius 1 is 0.857 bits per heavy atom. The lowest BCUT2D eigenvalue weighted by Gasteiger charge is -2.43. The molecular weight excluding hydrogens is 276 g/mol. The Labute approximate surface area is 124 Å². The summed E-state index contributed by atoms with van der Waals surface area (Å²) in [6, 6.07) is 0. The minimum atomic E-state index is -1.33. The Bertz CT molecular complexity index is 429. The van der Waals surface area contributed by atoms with Crippen LogP contribution in [-0.4, -0.2) is 67.3 Å². The molecule has 1 rings (SSSR count). The highest BCUT2D eigenvalue weighted by Crippen LogP contribution is 2.26. The van der Waals surface area contributed by atoms with Crippen molar-refractivity contribution in [1.82, 2.24) is 0 Å². The lowest BCUT2D eigenvalue weighted by Crippen LogP contribution is -2.61. The third-order valence-corrected chi connectivity index (χ3v) is 2.87. The van der Waals surface area contributed by atoms with Crippen LogP contribution in [0.4, 0.5) is 0 Å². The molecule has 0 amide bonds. The molecule has 21 heavy (non-hydrogen) atoms. The summed E-state index contributed by atoms with van der Waals surface area (Å²) in [4.78, 5) is 0. The first kappa shape index (κ1) is 17.5. The van der Waals surface area contributed by atoms with Crippen LogP contribution < -0.4 is 0 Å². The molecule has 0 aromatic heterocycles. The predicted molar refractivity (Wildman–Crippen MR) is 73.7 cm³/mol. The minimum Gasteiger partial charge on any atom is -0.394 e. The first-order valence-electron chi connectivity index (χ1n) is 6.29. The fraction of sp³-hybridized carbons (Fsp3) is 0.600. The van der Waals surface area contributed by atoms with Gasteiger partial charge in [0.2, 0.25) is 0 Å². The van der Waals surface area contributed by atoms with E-state index in [-0.39, 0.29) is 26.4 Å². The Kier molecular flexibility index (Phi) is 7.82. The molecule has 6 nitrogen and oxygen atoms in total. The van der Waals surface area contributed by atoms with Crippen LogP contribution in [0.2, 0.25) is 0 Å². The largest absolute Gasteiger partial charge is 0.394 e. The Balaban J connectivity index is 2.92. The van der Waals surface area contributed by atoms with Crippen LogP contribution >= 0.6 is 0 Å². The normalized spacial score (nSPS) is 31.9. The number of ether oxygens (including phenoxy) is 4. The maximum atomic E-state index is 9.96. The molecule has 0 aromatic rings. The molecule has 0 saturated carbocycles. The van der Waals surface area contributed by atoms with Gasteiger partial charge in [0, 0.05) is 0 Å². The maximum absolute atomic E-state index is 9.96. The van der Waals surface area contributed by atoms with Crippen molar-refractivity contribution in [3.63, 3.8) is 0 Å². The summed E-state index contributed by atoms with van der Waals surface area (Å²) in [6.07, 6.45) is 10.9. The monoisotopic (exact) mass is 294 g/mol. The van der Waals surface area contributed by atoms with E-state index in [1.165, 1.54) is 0 Å². The van der Waals surface area contributed by atoms with Gasteiger partial charge in [-0.3, -0.25) is 0 Å². The number of rotatable bonds is 7. The molecule has 5 atom stereocenters. The molecule has 0 aromatic carbocycles. The highest BCUT2D eigenvalue weighted by atomic mass is 16.7. The van der Waals surface area contributed by atoms with Crippen molar-refractivity contribution in [1.29, 1.82) is 0 Å². The van der Waals surface area contributed by atoms with Crippen LogP contribution in [0.25, 0.3) is 0 Å². The molecule has 1 aliphatic heterocycles. The van der Waals surface area contributed by atoms with Gasteiger partial charge in [0.25, 0.3) is 0 Å². The van der Waals surface area contributed by atoms with Gasteiger partial charge in [0.15, 0.2) is 6.29 Å². The van der Waals surface area contributed by atoms with E-state index < -0.39 is 30.7 Å². The summed E-state index contributed by atoms with van der Waals surface area (Å²) >= 11 is 0. The van der Waals surface area contributed by atoms with E-state index in [9.17, 15) is 10.2 Å². The van der Waals surface area contributed by atoms with Gasteiger partial charge in [-0.2, -0.15) is 0 Å². The zero-order valence-corrected chi connectivity index (χ0v) is 11.5. The van der Waals surface area contributed by atoms with E-state index in [2.05, 4.69) is 17.8 Å². The van der Waals surface area contributed by atoms with E-state index in [1.54, 1.807) is 0 Å². The zero-order chi connectivity index (χ0) is 15.7. The molecule has 0 spiro atoms. The average molecular weight is 294 g/mol. The maximum Gasteiger partial charge on any atom is 0.184 e. The molecule has 2 N–H and O–H groups in total. The first-order chi connectivity index (χ1) is 10.2. The van der Waals surface area contributed by atoms with Gasteiger partial charge in [0.05, 0.1) is 6.61 Å². The number of hydrogen-bond acceptors (Lipinski definition) is 6. The van der Waals surface area contributed by atoms with Gasteiger partial charge in [0.1, 0.15) is 44.2 Å². The second-order valence-electron chi connectivity index (χ2n) is 4.19. The molecule has 114 valence electrons. The van der Waals surface area contributed by atoms with Crippen molar-refractivity contribution < 1.29 is 29.2 Å². The summed E-state index contributed by atoms with van der Waals surface area (Å²) in [5, 5.41) is 19.3. The zero-order valence-electron chi connectivity index (χ0n) is 11.5. The first-order valence-corrected chi connectivity index (χ1v) is 6.29. The number of terminal acetylenes is 3. The van der Waals surface area contributed by atoms with E-state index in [0.717, 1.165) is 0 Å². The van der Waals surface area contributed by atoms with Crippen molar-refractivity contribution in [2.24, 2.45) is 0 Å². The Hall–Kier alpha value is -1.56. The molecule has 1 aliphatic rings.